The molecule has 0 aromatic carbocycles. The van der Waals surface area contributed by atoms with Crippen molar-refractivity contribution in [2.24, 2.45) is 0 Å². The highest BCUT2D eigenvalue weighted by atomic mass is 16.4. The predicted octanol–water partition coefficient (Wildman–Crippen LogP) is 1.28. The van der Waals surface area contributed by atoms with Crippen molar-refractivity contribution < 1.29 is 4.42 Å². The molecule has 2 heteroatoms. The lowest BCUT2D eigenvalue weighted by atomic mass is 10.5. The van der Waals surface area contributed by atoms with Crippen LogP contribution in [0.2, 0.25) is 0 Å². The van der Waals surface area contributed by atoms with Gasteiger partial charge in [0.25, 0.3) is 0 Å². The molecule has 0 saturated heterocycles. The van der Waals surface area contributed by atoms with Gasteiger partial charge in [-0.2, -0.15) is 0 Å². The molecule has 0 aliphatic heterocycles. The van der Waals surface area contributed by atoms with Crippen molar-refractivity contribution in [3.8, 4) is 0 Å². The lowest BCUT2D eigenvalue weighted by Crippen LogP contribution is -1.90. The van der Waals surface area contributed by atoms with Gasteiger partial charge in [0.2, 0.25) is 0 Å². The maximum Gasteiger partial charge on any atom is 0.335 e. The van der Waals surface area contributed by atoms with Crippen LogP contribution in [-0.4, -0.2) is 0 Å². The lowest BCUT2D eigenvalue weighted by Gasteiger charge is -1.72. The molecule has 8 heavy (non-hydrogen) atoms. The van der Waals surface area contributed by atoms with Crippen molar-refractivity contribution in [1.29, 1.82) is 0 Å². The van der Waals surface area contributed by atoms with Crippen LogP contribution in [0.1, 0.15) is 7.43 Å². The largest absolute Gasteiger partial charge is 0.431 e. The minimum atomic E-state index is -0.303. The van der Waals surface area contributed by atoms with Gasteiger partial charge in [-0.25, -0.2) is 4.79 Å². The Hall–Kier alpha value is -1.05. The summed E-state index contributed by atoms with van der Waals surface area (Å²) in [5.74, 6) is 0. The fourth-order valence-electron chi connectivity index (χ4n) is 0.325. The second kappa shape index (κ2) is 3.02. The normalized spacial score (nSPS) is 7.50. The molecule has 2 nitrogen and oxygen atoms in total. The predicted molar refractivity (Wildman–Crippen MR) is 31.7 cm³/mol. The lowest BCUT2D eigenvalue weighted by molar-refractivity contribution is 0.511. The molecular weight excluding hydrogens is 104 g/mol. The van der Waals surface area contributed by atoms with Crippen molar-refractivity contribution in [2.45, 2.75) is 7.43 Å². The highest BCUT2D eigenvalue weighted by molar-refractivity contribution is 4.85. The van der Waals surface area contributed by atoms with Crippen LogP contribution < -0.4 is 5.63 Å². The Morgan fingerprint density at radius 2 is 2.12 bits per heavy atom. The molecule has 1 aromatic heterocycles. The van der Waals surface area contributed by atoms with E-state index in [0.29, 0.717) is 0 Å². The third-order valence-corrected chi connectivity index (χ3v) is 0.606. The fraction of sp³-hybridized carbons (Fsp3) is 0.167. The molecule has 0 amide bonds. The van der Waals surface area contributed by atoms with E-state index in [1.165, 1.54) is 12.3 Å². The van der Waals surface area contributed by atoms with Crippen LogP contribution in [0.3, 0.4) is 0 Å². The summed E-state index contributed by atoms with van der Waals surface area (Å²) in [6, 6.07) is 4.65. The van der Waals surface area contributed by atoms with E-state index in [-0.39, 0.29) is 13.1 Å². The van der Waals surface area contributed by atoms with Crippen LogP contribution in [0, 0.1) is 0 Å². The first-order valence-corrected chi connectivity index (χ1v) is 1.93. The second-order valence-electron chi connectivity index (χ2n) is 1.12. The molecule has 0 saturated carbocycles. The van der Waals surface area contributed by atoms with Gasteiger partial charge < -0.3 is 4.42 Å². The molecule has 0 spiro atoms. The molecule has 44 valence electrons. The van der Waals surface area contributed by atoms with Crippen LogP contribution in [0.25, 0.3) is 0 Å². The van der Waals surface area contributed by atoms with E-state index < -0.39 is 0 Å². The van der Waals surface area contributed by atoms with Gasteiger partial charge in [0.1, 0.15) is 0 Å². The Kier molecular flexibility index (Phi) is 2.62. The van der Waals surface area contributed by atoms with Crippen molar-refractivity contribution in [3.63, 3.8) is 0 Å². The first-order valence-electron chi connectivity index (χ1n) is 1.93. The van der Waals surface area contributed by atoms with E-state index in [9.17, 15) is 4.79 Å². The molecule has 0 bridgehead atoms. The zero-order valence-corrected chi connectivity index (χ0v) is 3.63. The Morgan fingerprint density at radius 3 is 2.38 bits per heavy atom. The molecule has 1 rings (SSSR count). The summed E-state index contributed by atoms with van der Waals surface area (Å²) in [4.78, 5) is 10.1. The topological polar surface area (TPSA) is 30.2 Å². The van der Waals surface area contributed by atoms with Gasteiger partial charge >= 0.3 is 5.63 Å². The summed E-state index contributed by atoms with van der Waals surface area (Å²) in [6.07, 6.45) is 1.35. The van der Waals surface area contributed by atoms with Gasteiger partial charge in [-0.05, 0) is 6.07 Å². The molecule has 1 heterocycles. The molecule has 0 N–H and O–H groups in total. The zero-order chi connectivity index (χ0) is 5.11. The zero-order valence-electron chi connectivity index (χ0n) is 3.63. The third kappa shape index (κ3) is 1.60. The Labute approximate surface area is 47.8 Å². The standard InChI is InChI=1S/C5H4O2.CH4/c6-5-3-1-2-4-7-5;/h1-4H;1H4. The Balaban J connectivity index is 0.000000490. The van der Waals surface area contributed by atoms with Gasteiger partial charge in [0, 0.05) is 6.07 Å². The molecule has 0 fully saturated rings. The van der Waals surface area contributed by atoms with E-state index in [1.54, 1.807) is 12.1 Å². The average molecular weight is 112 g/mol. The molecule has 0 unspecified atom stereocenters. The van der Waals surface area contributed by atoms with Gasteiger partial charge in [-0.3, -0.25) is 0 Å². The van der Waals surface area contributed by atoms with E-state index in [2.05, 4.69) is 4.42 Å². The summed E-state index contributed by atoms with van der Waals surface area (Å²) in [5.41, 5.74) is -0.303. The maximum atomic E-state index is 10.1. The minimum absolute atomic E-state index is 0. The van der Waals surface area contributed by atoms with Crippen LogP contribution in [0.5, 0.6) is 0 Å². The number of hydrogen-bond donors (Lipinski definition) is 0. The second-order valence-corrected chi connectivity index (χ2v) is 1.12. The Morgan fingerprint density at radius 1 is 1.38 bits per heavy atom. The SMILES string of the molecule is C.O=c1cccco1. The summed E-state index contributed by atoms with van der Waals surface area (Å²) < 4.78 is 4.37. The number of rotatable bonds is 0. The van der Waals surface area contributed by atoms with E-state index >= 15 is 0 Å². The minimum Gasteiger partial charge on any atom is -0.431 e. The summed E-state index contributed by atoms with van der Waals surface area (Å²) in [6.45, 7) is 0. The number of hydrogen-bond acceptors (Lipinski definition) is 2. The molecule has 0 aliphatic carbocycles. The summed E-state index contributed by atoms with van der Waals surface area (Å²) in [7, 11) is 0. The molecule has 0 radical (unpaired) electrons. The molecular formula is C6H8O2. The first-order chi connectivity index (χ1) is 3.39. The summed E-state index contributed by atoms with van der Waals surface area (Å²) in [5, 5.41) is 0. The van der Waals surface area contributed by atoms with Gasteiger partial charge in [0.05, 0.1) is 6.26 Å². The van der Waals surface area contributed by atoms with Crippen LogP contribution in [0.4, 0.5) is 0 Å². The van der Waals surface area contributed by atoms with Gasteiger partial charge in [-0.1, -0.05) is 13.5 Å². The van der Waals surface area contributed by atoms with E-state index in [0.717, 1.165) is 0 Å². The smallest absolute Gasteiger partial charge is 0.335 e. The quantitative estimate of drug-likeness (QED) is 0.506. The van der Waals surface area contributed by atoms with Crippen LogP contribution in [0.15, 0.2) is 33.7 Å². The Bertz CT molecular complexity index is 172. The monoisotopic (exact) mass is 112 g/mol. The van der Waals surface area contributed by atoms with Gasteiger partial charge in [0.15, 0.2) is 0 Å². The van der Waals surface area contributed by atoms with E-state index in [1.807, 2.05) is 0 Å². The third-order valence-electron chi connectivity index (χ3n) is 0.606. The molecule has 0 aliphatic rings. The van der Waals surface area contributed by atoms with Crippen molar-refractivity contribution in [1.82, 2.24) is 0 Å². The molecule has 1 aromatic rings. The maximum absolute atomic E-state index is 10.1. The van der Waals surface area contributed by atoms with Crippen molar-refractivity contribution in [3.05, 3.63) is 34.9 Å². The molecule has 0 atom stereocenters. The highest BCUT2D eigenvalue weighted by Gasteiger charge is 1.72. The average Bonchev–Trinajstić information content (AvgIpc) is 1.69. The summed E-state index contributed by atoms with van der Waals surface area (Å²) >= 11 is 0. The van der Waals surface area contributed by atoms with Crippen LogP contribution >= 0.6 is 0 Å². The van der Waals surface area contributed by atoms with Crippen molar-refractivity contribution in [2.75, 3.05) is 0 Å². The highest BCUT2D eigenvalue weighted by Crippen LogP contribution is 1.72. The van der Waals surface area contributed by atoms with Crippen LogP contribution in [-0.2, 0) is 0 Å². The first kappa shape index (κ1) is 6.95. The fourth-order valence-corrected chi connectivity index (χ4v) is 0.325. The van der Waals surface area contributed by atoms with E-state index in [4.69, 9.17) is 0 Å². The van der Waals surface area contributed by atoms with Gasteiger partial charge in [-0.15, -0.1) is 0 Å². The van der Waals surface area contributed by atoms with Crippen molar-refractivity contribution >= 4 is 0 Å².